The van der Waals surface area contributed by atoms with Crippen LogP contribution in [-0.4, -0.2) is 18.1 Å². The van der Waals surface area contributed by atoms with Gasteiger partial charge in [-0.15, -0.1) is 0 Å². The van der Waals surface area contributed by atoms with Gasteiger partial charge in [0, 0.05) is 0 Å². The molecule has 0 radical (unpaired) electrons. The van der Waals surface area contributed by atoms with Gasteiger partial charge in [-0.3, -0.25) is 4.79 Å². The molecule has 0 heterocycles. The van der Waals surface area contributed by atoms with E-state index in [0.29, 0.717) is 24.1 Å². The Kier molecular flexibility index (Phi) is 8.73. The third-order valence-corrected chi connectivity index (χ3v) is 3.43. The molecule has 25 heavy (non-hydrogen) atoms. The van der Waals surface area contributed by atoms with Crippen LogP contribution in [0.5, 0.6) is 5.75 Å². The maximum atomic E-state index is 12.5. The van der Waals surface area contributed by atoms with Crippen LogP contribution in [0.25, 0.3) is 0 Å². The average Bonchev–Trinajstić information content (AvgIpc) is 2.62. The second-order valence-electron chi connectivity index (χ2n) is 5.38. The van der Waals surface area contributed by atoms with E-state index >= 15 is 0 Å². The first kappa shape index (κ1) is 20.2. The quantitative estimate of drug-likeness (QED) is 0.722. The van der Waals surface area contributed by atoms with Gasteiger partial charge in [0.2, 0.25) is 0 Å². The van der Waals surface area contributed by atoms with Crippen LogP contribution in [0.2, 0.25) is 0 Å². The minimum atomic E-state index is -0.893. The molecule has 0 spiro atoms. The highest BCUT2D eigenvalue weighted by atomic mass is 19.1. The number of allylic oxidation sites excluding steroid dienone is 3. The predicted octanol–water partition coefficient (Wildman–Crippen LogP) is 4.15. The van der Waals surface area contributed by atoms with E-state index in [4.69, 9.17) is 4.74 Å². The normalized spacial score (nSPS) is 14.3. The average molecular weight is 342 g/mol. The number of rotatable bonds is 8. The van der Waals surface area contributed by atoms with Crippen molar-refractivity contribution in [1.82, 2.24) is 5.32 Å². The van der Waals surface area contributed by atoms with Gasteiger partial charge in [0.1, 0.15) is 11.8 Å². The maximum Gasteiger partial charge on any atom is 0.262 e. The van der Waals surface area contributed by atoms with Crippen molar-refractivity contribution in [2.24, 2.45) is 0 Å². The number of nitrogens with one attached hydrogen (secondary N) is 1. The molecule has 2 atom stereocenters. The number of carbonyl (C=O) groups excluding carboxylic acids is 1. The lowest BCUT2D eigenvalue weighted by Crippen LogP contribution is -2.43. The highest BCUT2D eigenvalue weighted by Gasteiger charge is 2.22. The molecule has 1 N–H and O–H groups in total. The Labute approximate surface area is 148 Å². The van der Waals surface area contributed by atoms with Crippen molar-refractivity contribution in [3.63, 3.8) is 0 Å². The molecule has 1 aromatic rings. The zero-order valence-electron chi connectivity index (χ0n) is 14.7. The number of halogens is 1. The summed E-state index contributed by atoms with van der Waals surface area (Å²) in [5, 5.41) is 12.0. The summed E-state index contributed by atoms with van der Waals surface area (Å²) < 4.78 is 18.0. The van der Waals surface area contributed by atoms with E-state index in [1.54, 1.807) is 31.2 Å². The van der Waals surface area contributed by atoms with E-state index in [1.807, 2.05) is 32.0 Å². The molecule has 4 nitrogen and oxygen atoms in total. The number of nitriles is 1. The molecule has 2 unspecified atom stereocenters. The van der Waals surface area contributed by atoms with E-state index in [0.717, 1.165) is 5.56 Å². The van der Waals surface area contributed by atoms with E-state index in [-0.39, 0.29) is 0 Å². The van der Waals surface area contributed by atoms with Crippen molar-refractivity contribution in [1.29, 1.82) is 5.26 Å². The lowest BCUT2D eigenvalue weighted by Gasteiger charge is -2.20. The first-order valence-corrected chi connectivity index (χ1v) is 8.08. The number of benzene rings is 1. The van der Waals surface area contributed by atoms with E-state index in [2.05, 4.69) is 5.32 Å². The SMILES string of the molecule is C\C=C/C(=C\C=C\F)C(C#N)NC(=O)C(CC)Oc1ccc(C)cc1. The van der Waals surface area contributed by atoms with Crippen molar-refractivity contribution >= 4 is 5.91 Å². The van der Waals surface area contributed by atoms with Gasteiger partial charge in [-0.05, 0) is 44.1 Å². The summed E-state index contributed by atoms with van der Waals surface area (Å²) >= 11 is 0. The van der Waals surface area contributed by atoms with Crippen LogP contribution in [0.15, 0.2) is 60.5 Å². The van der Waals surface area contributed by atoms with Gasteiger partial charge in [-0.1, -0.05) is 42.8 Å². The van der Waals surface area contributed by atoms with Gasteiger partial charge in [0.25, 0.3) is 5.91 Å². The summed E-state index contributed by atoms with van der Waals surface area (Å²) in [7, 11) is 0. The van der Waals surface area contributed by atoms with Crippen LogP contribution >= 0.6 is 0 Å². The minimum absolute atomic E-state index is 0.370. The molecule has 0 aliphatic rings. The fourth-order valence-electron chi connectivity index (χ4n) is 2.12. The van der Waals surface area contributed by atoms with Crippen molar-refractivity contribution < 1.29 is 13.9 Å². The van der Waals surface area contributed by atoms with Gasteiger partial charge >= 0.3 is 0 Å². The highest BCUT2D eigenvalue weighted by molar-refractivity contribution is 5.82. The summed E-state index contributed by atoms with van der Waals surface area (Å²) in [6.07, 6.45) is 6.08. The molecular weight excluding hydrogens is 319 g/mol. The van der Waals surface area contributed by atoms with Crippen LogP contribution in [0.1, 0.15) is 25.8 Å². The van der Waals surface area contributed by atoms with E-state index < -0.39 is 18.1 Å². The molecule has 0 aliphatic carbocycles. The summed E-state index contributed by atoms with van der Waals surface area (Å²) in [6.45, 7) is 5.57. The Hall–Kier alpha value is -2.87. The largest absolute Gasteiger partial charge is 0.481 e. The minimum Gasteiger partial charge on any atom is -0.481 e. The van der Waals surface area contributed by atoms with Gasteiger partial charge in [-0.2, -0.15) is 5.26 Å². The molecule has 0 saturated heterocycles. The second kappa shape index (κ2) is 10.8. The maximum absolute atomic E-state index is 12.5. The molecule has 5 heteroatoms. The number of aryl methyl sites for hydroxylation is 1. The van der Waals surface area contributed by atoms with Gasteiger partial charge in [-0.25, -0.2) is 4.39 Å². The van der Waals surface area contributed by atoms with Crippen LogP contribution in [0.3, 0.4) is 0 Å². The summed E-state index contributed by atoms with van der Waals surface area (Å²) in [5.41, 5.74) is 1.58. The Balaban J connectivity index is 2.87. The smallest absolute Gasteiger partial charge is 0.262 e. The molecule has 0 fully saturated rings. The number of amides is 1. The van der Waals surface area contributed by atoms with Crippen molar-refractivity contribution in [2.45, 2.75) is 39.3 Å². The van der Waals surface area contributed by atoms with Crippen molar-refractivity contribution in [2.75, 3.05) is 0 Å². The second-order valence-corrected chi connectivity index (χ2v) is 5.38. The van der Waals surface area contributed by atoms with Crippen LogP contribution in [0.4, 0.5) is 4.39 Å². The van der Waals surface area contributed by atoms with Crippen molar-refractivity contribution in [3.8, 4) is 11.8 Å². The number of hydrogen-bond donors (Lipinski definition) is 1. The number of hydrogen-bond acceptors (Lipinski definition) is 3. The predicted molar refractivity (Wildman–Crippen MR) is 96.6 cm³/mol. The molecule has 0 saturated carbocycles. The van der Waals surface area contributed by atoms with Crippen molar-refractivity contribution in [3.05, 3.63) is 66.0 Å². The topological polar surface area (TPSA) is 62.1 Å². The summed E-state index contributed by atoms with van der Waals surface area (Å²) in [6, 6.07) is 8.51. The third kappa shape index (κ3) is 6.64. The molecule has 1 aromatic carbocycles. The Morgan fingerprint density at radius 3 is 2.60 bits per heavy atom. The standard InChI is InChI=1S/C20H23FN2O2/c1-4-7-16(8-6-13-21)18(14-22)23-20(24)19(5-2)25-17-11-9-15(3)10-12-17/h4,6-13,18-19H,5H2,1-3H3,(H,23,24)/b7-4-,13-6+,16-8+. The van der Waals surface area contributed by atoms with Crippen LogP contribution in [-0.2, 0) is 4.79 Å². The zero-order chi connectivity index (χ0) is 18.7. The lowest BCUT2D eigenvalue weighted by atomic mass is 10.1. The van der Waals surface area contributed by atoms with Gasteiger partial charge < -0.3 is 10.1 Å². The molecule has 0 bridgehead atoms. The molecular formula is C20H23FN2O2. The Morgan fingerprint density at radius 1 is 1.40 bits per heavy atom. The monoisotopic (exact) mass is 342 g/mol. The molecule has 1 rings (SSSR count). The number of ether oxygens (including phenoxy) is 1. The van der Waals surface area contributed by atoms with Crippen LogP contribution < -0.4 is 10.1 Å². The van der Waals surface area contributed by atoms with Crippen LogP contribution in [0, 0.1) is 18.3 Å². The Bertz CT molecular complexity index is 685. The first-order chi connectivity index (χ1) is 12.0. The molecule has 0 aliphatic heterocycles. The van der Waals surface area contributed by atoms with Gasteiger partial charge in [0.15, 0.2) is 6.10 Å². The zero-order valence-corrected chi connectivity index (χ0v) is 14.7. The lowest BCUT2D eigenvalue weighted by molar-refractivity contribution is -0.128. The molecule has 132 valence electrons. The highest BCUT2D eigenvalue weighted by Crippen LogP contribution is 2.15. The Morgan fingerprint density at radius 2 is 2.08 bits per heavy atom. The molecule has 1 amide bonds. The van der Waals surface area contributed by atoms with Gasteiger partial charge in [0.05, 0.1) is 12.4 Å². The fourth-order valence-corrected chi connectivity index (χ4v) is 2.12. The number of nitrogens with zero attached hydrogens (tertiary/aromatic N) is 1. The van der Waals surface area contributed by atoms with E-state index in [9.17, 15) is 14.4 Å². The van der Waals surface area contributed by atoms with E-state index in [1.165, 1.54) is 12.2 Å². The molecule has 0 aromatic heterocycles. The fraction of sp³-hybridized carbons (Fsp3) is 0.300. The summed E-state index contributed by atoms with van der Waals surface area (Å²) in [5.74, 6) is 0.194. The summed E-state index contributed by atoms with van der Waals surface area (Å²) in [4.78, 5) is 12.5. The third-order valence-electron chi connectivity index (χ3n) is 3.43. The number of carbonyl (C=O) groups is 1. The first-order valence-electron chi connectivity index (χ1n) is 8.08.